The van der Waals surface area contributed by atoms with E-state index in [1.165, 1.54) is 18.6 Å². The van der Waals surface area contributed by atoms with Crippen LogP contribution in [0.3, 0.4) is 0 Å². The number of halogens is 2. The topological polar surface area (TPSA) is 44.4 Å². The molecule has 148 valence electrons. The molecule has 2 aliphatic heterocycles. The van der Waals surface area contributed by atoms with Crippen molar-refractivity contribution in [2.75, 3.05) is 5.32 Å². The van der Waals surface area contributed by atoms with E-state index in [4.69, 9.17) is 11.6 Å². The van der Waals surface area contributed by atoms with Gasteiger partial charge < -0.3 is 10.6 Å². The van der Waals surface area contributed by atoms with Crippen molar-refractivity contribution in [3.05, 3.63) is 64.9 Å². The van der Waals surface area contributed by atoms with E-state index in [-0.39, 0.29) is 17.9 Å². The van der Waals surface area contributed by atoms with Gasteiger partial charge in [-0.2, -0.15) is 0 Å². The van der Waals surface area contributed by atoms with Gasteiger partial charge in [0.25, 0.3) is 0 Å². The molecule has 0 aliphatic carbocycles. The Bertz CT molecular complexity index is 815. The van der Waals surface area contributed by atoms with Crippen molar-refractivity contribution < 1.29 is 9.18 Å². The number of hydrogen-bond acceptors (Lipinski definition) is 2. The van der Waals surface area contributed by atoms with Gasteiger partial charge in [-0.15, -0.1) is 0 Å². The van der Waals surface area contributed by atoms with E-state index in [9.17, 15) is 9.18 Å². The number of anilines is 1. The Labute approximate surface area is 170 Å². The molecule has 4 nitrogen and oxygen atoms in total. The second-order valence-electron chi connectivity index (χ2n) is 7.78. The third kappa shape index (κ3) is 4.47. The molecular formula is C22H25ClFN3O. The van der Waals surface area contributed by atoms with E-state index in [0.717, 1.165) is 37.8 Å². The minimum atomic E-state index is -0.205. The number of nitrogens with one attached hydrogen (secondary N) is 2. The predicted molar refractivity (Wildman–Crippen MR) is 110 cm³/mol. The lowest BCUT2D eigenvalue weighted by atomic mass is 9.81. The Morgan fingerprint density at radius 1 is 1.07 bits per heavy atom. The van der Waals surface area contributed by atoms with Gasteiger partial charge in [-0.25, -0.2) is 9.18 Å². The Kier molecular flexibility index (Phi) is 5.83. The normalized spacial score (nSPS) is 24.6. The fourth-order valence-electron chi connectivity index (χ4n) is 4.56. The van der Waals surface area contributed by atoms with Gasteiger partial charge in [0.2, 0.25) is 0 Å². The van der Waals surface area contributed by atoms with Crippen molar-refractivity contribution in [2.24, 2.45) is 0 Å². The molecule has 2 amide bonds. The SMILES string of the molecule is O=C(Nc1ccccc1Cl)NC1C[C@H]2CCC[C@@H](C1)N2Cc1ccc(F)cc1. The van der Waals surface area contributed by atoms with Gasteiger partial charge in [-0.1, -0.05) is 42.3 Å². The number of benzene rings is 2. The summed E-state index contributed by atoms with van der Waals surface area (Å²) in [6.45, 7) is 0.841. The third-order valence-corrected chi connectivity index (χ3v) is 6.19. The molecule has 28 heavy (non-hydrogen) atoms. The largest absolute Gasteiger partial charge is 0.335 e. The number of fused-ring (bicyclic) bond motifs is 2. The molecule has 1 unspecified atom stereocenters. The minimum Gasteiger partial charge on any atom is -0.335 e. The van der Waals surface area contributed by atoms with E-state index < -0.39 is 0 Å². The summed E-state index contributed by atoms with van der Waals surface area (Å²) >= 11 is 6.12. The summed E-state index contributed by atoms with van der Waals surface area (Å²) in [6.07, 6.45) is 5.39. The average molecular weight is 402 g/mol. The van der Waals surface area contributed by atoms with Gasteiger partial charge in [0.05, 0.1) is 10.7 Å². The van der Waals surface area contributed by atoms with E-state index in [1.54, 1.807) is 12.1 Å². The quantitative estimate of drug-likeness (QED) is 0.740. The van der Waals surface area contributed by atoms with E-state index >= 15 is 0 Å². The van der Waals surface area contributed by atoms with Crippen LogP contribution in [0.5, 0.6) is 0 Å². The molecule has 0 spiro atoms. The van der Waals surface area contributed by atoms with Gasteiger partial charge in [0, 0.05) is 24.7 Å². The fraction of sp³-hybridized carbons (Fsp3) is 0.409. The standard InChI is InChI=1S/C22H25ClFN3O/c23-20-6-1-2-7-21(20)26-22(28)25-17-12-18-4-3-5-19(13-17)27(18)14-15-8-10-16(24)11-9-15/h1-2,6-11,17-19H,3-5,12-14H2,(H2,25,26,28)/t17?,18-,19+. The van der Waals surface area contributed by atoms with Gasteiger partial charge in [-0.3, -0.25) is 4.90 Å². The molecule has 2 heterocycles. The van der Waals surface area contributed by atoms with Crippen molar-refractivity contribution in [1.29, 1.82) is 0 Å². The number of amides is 2. The van der Waals surface area contributed by atoms with Crippen molar-refractivity contribution in [1.82, 2.24) is 10.2 Å². The first kappa shape index (κ1) is 19.2. The smallest absolute Gasteiger partial charge is 0.319 e. The lowest BCUT2D eigenvalue weighted by Gasteiger charge is -2.49. The lowest BCUT2D eigenvalue weighted by Crippen LogP contribution is -2.56. The monoisotopic (exact) mass is 401 g/mol. The van der Waals surface area contributed by atoms with Crippen LogP contribution in [-0.4, -0.2) is 29.1 Å². The summed E-state index contributed by atoms with van der Waals surface area (Å²) in [5, 5.41) is 6.51. The number of rotatable bonds is 4. The van der Waals surface area contributed by atoms with Crippen molar-refractivity contribution in [2.45, 2.75) is 56.8 Å². The zero-order valence-corrected chi connectivity index (χ0v) is 16.5. The molecule has 4 rings (SSSR count). The minimum absolute atomic E-state index is 0.155. The second kappa shape index (κ2) is 8.50. The molecule has 0 aromatic heterocycles. The molecule has 2 fully saturated rings. The third-order valence-electron chi connectivity index (χ3n) is 5.86. The molecule has 0 radical (unpaired) electrons. The van der Waals surface area contributed by atoms with Crippen LogP contribution in [-0.2, 0) is 6.54 Å². The number of para-hydroxylation sites is 1. The average Bonchev–Trinajstić information content (AvgIpc) is 2.66. The van der Waals surface area contributed by atoms with E-state index in [0.29, 0.717) is 22.8 Å². The summed E-state index contributed by atoms with van der Waals surface area (Å²) in [7, 11) is 0. The van der Waals surface area contributed by atoms with Crippen molar-refractivity contribution in [3.63, 3.8) is 0 Å². The maximum atomic E-state index is 13.2. The maximum Gasteiger partial charge on any atom is 0.319 e. The first-order valence-corrected chi connectivity index (χ1v) is 10.3. The maximum absolute atomic E-state index is 13.2. The number of urea groups is 1. The highest BCUT2D eigenvalue weighted by molar-refractivity contribution is 6.33. The molecule has 2 saturated heterocycles. The van der Waals surface area contributed by atoms with Crippen LogP contribution >= 0.6 is 11.6 Å². The summed E-state index contributed by atoms with van der Waals surface area (Å²) in [6, 6.07) is 14.9. The first-order valence-electron chi connectivity index (χ1n) is 9.91. The molecule has 2 bridgehead atoms. The Hall–Kier alpha value is -2.11. The second-order valence-corrected chi connectivity index (χ2v) is 8.19. The molecular weight excluding hydrogens is 377 g/mol. The van der Waals surface area contributed by atoms with Gasteiger partial charge in [0.1, 0.15) is 5.82 Å². The number of piperidine rings is 2. The number of hydrogen-bond donors (Lipinski definition) is 2. The van der Waals surface area contributed by atoms with Crippen LogP contribution < -0.4 is 10.6 Å². The summed E-state index contributed by atoms with van der Waals surface area (Å²) in [5.74, 6) is -0.198. The molecule has 2 aliphatic rings. The number of carbonyl (C=O) groups is 1. The Morgan fingerprint density at radius 2 is 1.75 bits per heavy atom. The number of nitrogens with zero attached hydrogens (tertiary/aromatic N) is 1. The first-order chi connectivity index (χ1) is 13.6. The molecule has 2 aromatic carbocycles. The summed E-state index contributed by atoms with van der Waals surface area (Å²) in [4.78, 5) is 15.0. The van der Waals surface area contributed by atoms with E-state index in [1.807, 2.05) is 24.3 Å². The molecule has 6 heteroatoms. The summed E-state index contributed by atoms with van der Waals surface area (Å²) in [5.41, 5.74) is 1.76. The molecule has 2 aromatic rings. The van der Waals surface area contributed by atoms with Crippen molar-refractivity contribution >= 4 is 23.3 Å². The zero-order chi connectivity index (χ0) is 19.5. The molecule has 3 atom stereocenters. The highest BCUT2D eigenvalue weighted by Gasteiger charge is 2.38. The highest BCUT2D eigenvalue weighted by atomic mass is 35.5. The lowest BCUT2D eigenvalue weighted by molar-refractivity contribution is 0.0200. The van der Waals surface area contributed by atoms with Crippen LogP contribution in [0.4, 0.5) is 14.9 Å². The van der Waals surface area contributed by atoms with Crippen LogP contribution in [0.2, 0.25) is 5.02 Å². The molecule has 2 N–H and O–H groups in total. The Balaban J connectivity index is 1.37. The van der Waals surface area contributed by atoms with Crippen LogP contribution in [0.1, 0.15) is 37.7 Å². The predicted octanol–water partition coefficient (Wildman–Crippen LogP) is 5.19. The van der Waals surface area contributed by atoms with Crippen LogP contribution in [0, 0.1) is 5.82 Å². The van der Waals surface area contributed by atoms with Gasteiger partial charge in [-0.05, 0) is 55.5 Å². The van der Waals surface area contributed by atoms with Gasteiger partial charge in [0.15, 0.2) is 0 Å². The van der Waals surface area contributed by atoms with E-state index in [2.05, 4.69) is 15.5 Å². The highest BCUT2D eigenvalue weighted by Crippen LogP contribution is 2.35. The fourth-order valence-corrected chi connectivity index (χ4v) is 4.74. The molecule has 0 saturated carbocycles. The zero-order valence-electron chi connectivity index (χ0n) is 15.7. The number of carbonyl (C=O) groups excluding carboxylic acids is 1. The summed E-state index contributed by atoms with van der Waals surface area (Å²) < 4.78 is 13.2. The van der Waals surface area contributed by atoms with Gasteiger partial charge >= 0.3 is 6.03 Å². The Morgan fingerprint density at radius 3 is 2.43 bits per heavy atom. The van der Waals surface area contributed by atoms with Crippen LogP contribution in [0.25, 0.3) is 0 Å². The van der Waals surface area contributed by atoms with Crippen LogP contribution in [0.15, 0.2) is 48.5 Å². The van der Waals surface area contributed by atoms with Crippen molar-refractivity contribution in [3.8, 4) is 0 Å².